The van der Waals surface area contributed by atoms with Gasteiger partial charge in [-0.15, -0.1) is 11.3 Å². The molecule has 0 unspecified atom stereocenters. The van der Waals surface area contributed by atoms with E-state index in [1.165, 1.54) is 28.6 Å². The highest BCUT2D eigenvalue weighted by molar-refractivity contribution is 8.00. The van der Waals surface area contributed by atoms with Crippen molar-refractivity contribution in [3.8, 4) is 11.5 Å². The van der Waals surface area contributed by atoms with Crippen LogP contribution in [-0.2, 0) is 12.8 Å². The van der Waals surface area contributed by atoms with E-state index in [9.17, 15) is 4.79 Å². The van der Waals surface area contributed by atoms with Crippen LogP contribution in [0.25, 0.3) is 10.2 Å². The third-order valence-corrected chi connectivity index (χ3v) is 6.70. The molecule has 0 fully saturated rings. The third kappa shape index (κ3) is 3.05. The summed E-state index contributed by atoms with van der Waals surface area (Å²) < 4.78 is 10.6. The average molecular weight is 386 g/mol. The predicted molar refractivity (Wildman–Crippen MR) is 104 cm³/mol. The largest absolute Gasteiger partial charge is 0.497 e. The molecule has 0 amide bonds. The smallest absolute Gasteiger partial charge is 0.176 e. The first-order valence-electron chi connectivity index (χ1n) is 8.34. The van der Waals surface area contributed by atoms with Gasteiger partial charge in [0.25, 0.3) is 0 Å². The zero-order chi connectivity index (χ0) is 18.1. The highest BCUT2D eigenvalue weighted by Crippen LogP contribution is 2.40. The molecule has 1 aromatic carbocycles. The van der Waals surface area contributed by atoms with Crippen molar-refractivity contribution in [2.24, 2.45) is 0 Å². The molecule has 26 heavy (non-hydrogen) atoms. The fourth-order valence-electron chi connectivity index (χ4n) is 3.25. The number of thiophene rings is 1. The Balaban J connectivity index is 1.60. The molecule has 0 spiro atoms. The summed E-state index contributed by atoms with van der Waals surface area (Å²) in [7, 11) is 3.15. The summed E-state index contributed by atoms with van der Waals surface area (Å²) in [5.74, 6) is 1.48. The molecule has 0 saturated carbocycles. The van der Waals surface area contributed by atoms with Crippen molar-refractivity contribution in [2.45, 2.75) is 24.3 Å². The number of hydrogen-bond acceptors (Lipinski definition) is 7. The first kappa shape index (κ1) is 17.3. The van der Waals surface area contributed by atoms with Gasteiger partial charge in [0.15, 0.2) is 5.78 Å². The Hall–Kier alpha value is -2.12. The molecular formula is C19H18N2O3S2. The Morgan fingerprint density at radius 3 is 2.92 bits per heavy atom. The molecule has 0 N–H and O–H groups in total. The van der Waals surface area contributed by atoms with E-state index in [4.69, 9.17) is 9.47 Å². The zero-order valence-electron chi connectivity index (χ0n) is 14.6. The second kappa shape index (κ2) is 7.25. The lowest BCUT2D eigenvalue weighted by Crippen LogP contribution is -2.06. The van der Waals surface area contributed by atoms with E-state index in [2.05, 4.69) is 9.97 Å². The molecule has 0 radical (unpaired) electrons. The van der Waals surface area contributed by atoms with Crippen LogP contribution in [0.15, 0.2) is 29.6 Å². The number of Topliss-reactive ketones (excluding diaryl/α,β-unsaturated/α-hetero) is 1. The van der Waals surface area contributed by atoms with E-state index >= 15 is 0 Å². The second-order valence-electron chi connectivity index (χ2n) is 5.99. The molecule has 5 nitrogen and oxygen atoms in total. The van der Waals surface area contributed by atoms with Gasteiger partial charge in [-0.3, -0.25) is 4.79 Å². The maximum Gasteiger partial charge on any atom is 0.176 e. The molecule has 134 valence electrons. The van der Waals surface area contributed by atoms with E-state index in [1.807, 2.05) is 0 Å². The van der Waals surface area contributed by atoms with Crippen LogP contribution in [-0.4, -0.2) is 35.7 Å². The van der Waals surface area contributed by atoms with Gasteiger partial charge in [0.05, 0.1) is 25.5 Å². The lowest BCUT2D eigenvalue weighted by molar-refractivity contribution is 0.101. The maximum atomic E-state index is 12.8. The lowest BCUT2D eigenvalue weighted by atomic mass is 10.1. The van der Waals surface area contributed by atoms with Crippen molar-refractivity contribution < 1.29 is 14.3 Å². The Morgan fingerprint density at radius 1 is 1.23 bits per heavy atom. The number of rotatable bonds is 6. The van der Waals surface area contributed by atoms with Gasteiger partial charge in [0, 0.05) is 10.3 Å². The normalized spacial score (nSPS) is 13.0. The van der Waals surface area contributed by atoms with Gasteiger partial charge >= 0.3 is 0 Å². The van der Waals surface area contributed by atoms with Crippen molar-refractivity contribution in [3.63, 3.8) is 0 Å². The van der Waals surface area contributed by atoms with Gasteiger partial charge in [0.2, 0.25) is 0 Å². The molecule has 0 aliphatic heterocycles. The molecule has 0 atom stereocenters. The predicted octanol–water partition coefficient (Wildman–Crippen LogP) is 4.17. The minimum Gasteiger partial charge on any atom is -0.497 e. The second-order valence-corrected chi connectivity index (χ2v) is 8.04. The molecule has 2 heterocycles. The molecule has 4 rings (SSSR count). The Kier molecular flexibility index (Phi) is 4.82. The minimum atomic E-state index is -0.00983. The van der Waals surface area contributed by atoms with E-state index < -0.39 is 0 Å². The van der Waals surface area contributed by atoms with Gasteiger partial charge in [-0.1, -0.05) is 11.8 Å². The Bertz CT molecular complexity index is 984. The van der Waals surface area contributed by atoms with Crippen molar-refractivity contribution in [3.05, 3.63) is 40.5 Å². The third-order valence-electron chi connectivity index (χ3n) is 4.51. The summed E-state index contributed by atoms with van der Waals surface area (Å²) in [6.07, 6.45) is 4.98. The van der Waals surface area contributed by atoms with Crippen molar-refractivity contribution >= 4 is 39.1 Å². The fraction of sp³-hybridized carbons (Fsp3) is 0.316. The summed E-state index contributed by atoms with van der Waals surface area (Å²) in [5.41, 5.74) is 1.90. The lowest BCUT2D eigenvalue weighted by Gasteiger charge is -2.09. The van der Waals surface area contributed by atoms with Crippen molar-refractivity contribution in [2.75, 3.05) is 20.0 Å². The monoisotopic (exact) mass is 386 g/mol. The molecule has 7 heteroatoms. The first-order valence-corrected chi connectivity index (χ1v) is 10.1. The topological polar surface area (TPSA) is 61.3 Å². The number of aryl methyl sites for hydroxylation is 2. The van der Waals surface area contributed by atoms with Gasteiger partial charge in [-0.2, -0.15) is 0 Å². The van der Waals surface area contributed by atoms with Crippen molar-refractivity contribution in [1.82, 2.24) is 9.97 Å². The molecular weight excluding hydrogens is 368 g/mol. The number of ketones is 1. The number of thioether (sulfide) groups is 1. The number of carbonyl (C=O) groups is 1. The van der Waals surface area contributed by atoms with Crippen LogP contribution in [0.3, 0.4) is 0 Å². The summed E-state index contributed by atoms with van der Waals surface area (Å²) in [6, 6.07) is 5.26. The summed E-state index contributed by atoms with van der Waals surface area (Å²) in [4.78, 5) is 24.1. The van der Waals surface area contributed by atoms with Crippen LogP contribution in [0.4, 0.5) is 0 Å². The highest BCUT2D eigenvalue weighted by Gasteiger charge is 2.22. The SMILES string of the molecule is COc1ccc(OC)c(C(=O)CSc2ncnc3sc4c(c23)CCC4)c1. The molecule has 0 bridgehead atoms. The quantitative estimate of drug-likeness (QED) is 0.360. The molecule has 1 aliphatic carbocycles. The van der Waals surface area contributed by atoms with Gasteiger partial charge in [-0.25, -0.2) is 9.97 Å². The molecule has 0 saturated heterocycles. The van der Waals surface area contributed by atoms with Gasteiger partial charge in [-0.05, 0) is 43.0 Å². The zero-order valence-corrected chi connectivity index (χ0v) is 16.2. The number of hydrogen-bond donors (Lipinski definition) is 0. The maximum absolute atomic E-state index is 12.8. The van der Waals surface area contributed by atoms with Crippen LogP contribution >= 0.6 is 23.1 Å². The van der Waals surface area contributed by atoms with E-state index in [-0.39, 0.29) is 5.78 Å². The molecule has 2 aromatic heterocycles. The summed E-state index contributed by atoms with van der Waals surface area (Å²) in [5, 5.41) is 2.03. The highest BCUT2D eigenvalue weighted by atomic mass is 32.2. The Labute approximate surface area is 159 Å². The van der Waals surface area contributed by atoms with Crippen LogP contribution in [0.2, 0.25) is 0 Å². The standard InChI is InChI=1S/C19H18N2O3S2/c1-23-11-6-7-15(24-2)13(8-11)14(22)9-25-18-17-12-4-3-5-16(12)26-19(17)21-10-20-18/h6-8,10H,3-5,9H2,1-2H3. The van der Waals surface area contributed by atoms with E-state index in [0.717, 1.165) is 28.1 Å². The molecule has 3 aromatic rings. The van der Waals surface area contributed by atoms with E-state index in [0.29, 0.717) is 22.8 Å². The summed E-state index contributed by atoms with van der Waals surface area (Å²) >= 11 is 3.22. The van der Waals surface area contributed by atoms with Crippen molar-refractivity contribution in [1.29, 1.82) is 0 Å². The average Bonchev–Trinajstić information content (AvgIpc) is 3.26. The number of nitrogens with zero attached hydrogens (tertiary/aromatic N) is 2. The number of methoxy groups -OCH3 is 2. The number of benzene rings is 1. The van der Waals surface area contributed by atoms with E-state index in [1.54, 1.807) is 50.1 Å². The number of carbonyl (C=O) groups excluding carboxylic acids is 1. The molecule has 1 aliphatic rings. The number of fused-ring (bicyclic) bond motifs is 3. The Morgan fingerprint density at radius 2 is 2.12 bits per heavy atom. The fourth-order valence-corrected chi connectivity index (χ4v) is 5.46. The van der Waals surface area contributed by atoms with Crippen LogP contribution in [0.1, 0.15) is 27.2 Å². The first-order chi connectivity index (χ1) is 12.7. The van der Waals surface area contributed by atoms with Crippen LogP contribution in [0.5, 0.6) is 11.5 Å². The summed E-state index contributed by atoms with van der Waals surface area (Å²) in [6.45, 7) is 0. The van der Waals surface area contributed by atoms with Crippen LogP contribution < -0.4 is 9.47 Å². The van der Waals surface area contributed by atoms with Crippen LogP contribution in [0, 0.1) is 0 Å². The van der Waals surface area contributed by atoms with Gasteiger partial charge in [0.1, 0.15) is 27.7 Å². The number of aromatic nitrogens is 2. The minimum absolute atomic E-state index is 0.00983. The van der Waals surface area contributed by atoms with Gasteiger partial charge < -0.3 is 9.47 Å². The number of ether oxygens (including phenoxy) is 2.